The molecule has 0 fully saturated rings. The summed E-state index contributed by atoms with van der Waals surface area (Å²) >= 11 is 0. The van der Waals surface area contributed by atoms with E-state index in [1.54, 1.807) is 0 Å². The number of ether oxygens (including phenoxy) is 1. The van der Waals surface area contributed by atoms with Crippen LogP contribution in [0.3, 0.4) is 0 Å². The minimum atomic E-state index is -0.209. The van der Waals surface area contributed by atoms with Gasteiger partial charge in [-0.15, -0.1) is 0 Å². The Kier molecular flexibility index (Phi) is 5.42. The van der Waals surface area contributed by atoms with Crippen LogP contribution in [0.15, 0.2) is 84.9 Å². The predicted molar refractivity (Wildman–Crippen MR) is 129 cm³/mol. The molecule has 0 amide bonds. The summed E-state index contributed by atoms with van der Waals surface area (Å²) in [6, 6.07) is 28.1. The van der Waals surface area contributed by atoms with Gasteiger partial charge in [0.1, 0.15) is 5.75 Å². The average Bonchev–Trinajstić information content (AvgIpc) is 3.19. The summed E-state index contributed by atoms with van der Waals surface area (Å²) in [5.74, 6) is 0.382. The minimum Gasteiger partial charge on any atom is -0.427 e. The molecule has 1 N–H and O–H groups in total. The van der Waals surface area contributed by atoms with Crippen molar-refractivity contribution in [3.63, 3.8) is 0 Å². The lowest BCUT2D eigenvalue weighted by atomic mass is 10.0. The number of carbonyl (C=O) groups is 1. The quantitative estimate of drug-likeness (QED) is 0.248. The van der Waals surface area contributed by atoms with Crippen molar-refractivity contribution in [1.29, 1.82) is 0 Å². The minimum absolute atomic E-state index is 0.209. The van der Waals surface area contributed by atoms with Gasteiger partial charge in [0.15, 0.2) is 0 Å². The molecule has 3 aromatic carbocycles. The Morgan fingerprint density at radius 2 is 1.69 bits per heavy atom. The van der Waals surface area contributed by atoms with Gasteiger partial charge >= 0.3 is 5.97 Å². The molecule has 0 saturated heterocycles. The zero-order valence-electron chi connectivity index (χ0n) is 18.0. The molecule has 0 aliphatic heterocycles. The molecule has 4 nitrogen and oxygen atoms in total. The van der Waals surface area contributed by atoms with E-state index in [1.807, 2.05) is 61.5 Å². The van der Waals surface area contributed by atoms with Crippen molar-refractivity contribution in [1.82, 2.24) is 9.97 Å². The van der Waals surface area contributed by atoms with Crippen LogP contribution in [-0.4, -0.2) is 15.9 Å². The third kappa shape index (κ3) is 4.12. The summed E-state index contributed by atoms with van der Waals surface area (Å²) in [5.41, 5.74) is 6.30. The second-order valence-corrected chi connectivity index (χ2v) is 8.05. The molecule has 0 radical (unpaired) electrons. The highest BCUT2D eigenvalue weighted by Gasteiger charge is 2.15. The Bertz CT molecular complexity index is 1400. The van der Waals surface area contributed by atoms with Crippen LogP contribution in [0, 0.1) is 6.92 Å². The normalized spacial score (nSPS) is 11.2. The number of carbonyl (C=O) groups excluding carboxylic acids is 1. The highest BCUT2D eigenvalue weighted by atomic mass is 16.5. The van der Waals surface area contributed by atoms with E-state index < -0.39 is 0 Å². The fourth-order valence-corrected chi connectivity index (χ4v) is 4.08. The number of pyridine rings is 1. The van der Waals surface area contributed by atoms with Crippen molar-refractivity contribution >= 4 is 27.8 Å². The van der Waals surface area contributed by atoms with E-state index >= 15 is 0 Å². The number of aromatic nitrogens is 2. The number of fused-ring (bicyclic) bond motifs is 2. The lowest BCUT2D eigenvalue weighted by Gasteiger charge is -2.07. The second-order valence-electron chi connectivity index (χ2n) is 8.05. The Hall–Kier alpha value is -3.92. The van der Waals surface area contributed by atoms with E-state index in [0.29, 0.717) is 18.6 Å². The Labute approximate surface area is 186 Å². The number of hydrogen-bond acceptors (Lipinski definition) is 3. The van der Waals surface area contributed by atoms with Gasteiger partial charge in [-0.25, -0.2) is 4.98 Å². The van der Waals surface area contributed by atoms with E-state index in [9.17, 15) is 4.79 Å². The molecule has 4 heteroatoms. The molecular formula is C28H24N2O2. The van der Waals surface area contributed by atoms with Gasteiger partial charge in [-0.1, -0.05) is 60.2 Å². The number of H-pyrrole nitrogens is 1. The summed E-state index contributed by atoms with van der Waals surface area (Å²) in [4.78, 5) is 20.8. The molecule has 5 aromatic rings. The van der Waals surface area contributed by atoms with Crippen LogP contribution < -0.4 is 4.74 Å². The fraction of sp³-hybridized carbons (Fsp3) is 0.143. The molecule has 0 unspecified atom stereocenters. The maximum atomic E-state index is 12.3. The van der Waals surface area contributed by atoms with Gasteiger partial charge in [0.25, 0.3) is 0 Å². The molecule has 0 aliphatic carbocycles. The second kappa shape index (κ2) is 8.67. The summed E-state index contributed by atoms with van der Waals surface area (Å²) in [5, 5.41) is 2.29. The number of hydrogen-bond donors (Lipinski definition) is 1. The first kappa shape index (κ1) is 20.0. The zero-order valence-corrected chi connectivity index (χ0v) is 18.0. The molecule has 2 aromatic heterocycles. The third-order valence-electron chi connectivity index (χ3n) is 5.73. The monoisotopic (exact) mass is 420 g/mol. The van der Waals surface area contributed by atoms with Gasteiger partial charge < -0.3 is 9.72 Å². The summed E-state index contributed by atoms with van der Waals surface area (Å²) < 4.78 is 5.48. The van der Waals surface area contributed by atoms with Crippen LogP contribution in [0.25, 0.3) is 33.2 Å². The van der Waals surface area contributed by atoms with E-state index in [0.717, 1.165) is 39.8 Å². The van der Waals surface area contributed by atoms with Crippen LogP contribution in [-0.2, 0) is 11.2 Å². The van der Waals surface area contributed by atoms with Crippen LogP contribution in [0.1, 0.15) is 24.0 Å². The van der Waals surface area contributed by atoms with E-state index in [1.165, 1.54) is 10.9 Å². The maximum absolute atomic E-state index is 12.3. The molecule has 0 spiro atoms. The zero-order chi connectivity index (χ0) is 21.9. The van der Waals surface area contributed by atoms with Gasteiger partial charge in [-0.05, 0) is 55.7 Å². The standard InChI is InChI=1S/C28H24N2O2/c1-19-13-16-21(17-14-19)32-27(31)12-6-9-23-22-8-3-5-11-25(22)30-28(23)26-18-15-20-7-2-4-10-24(20)29-26/h2-5,7-8,10-11,13-18,30H,6,9,12H2,1H3. The number of aryl methyl sites for hydroxylation is 2. The first-order valence-electron chi connectivity index (χ1n) is 10.9. The first-order chi connectivity index (χ1) is 15.7. The molecule has 0 saturated carbocycles. The number of esters is 1. The van der Waals surface area contributed by atoms with Crippen LogP contribution in [0.2, 0.25) is 0 Å². The summed E-state index contributed by atoms with van der Waals surface area (Å²) in [7, 11) is 0. The SMILES string of the molecule is Cc1ccc(OC(=O)CCCc2c(-c3ccc4ccccc4n3)[nH]c3ccccc23)cc1. The van der Waals surface area contributed by atoms with Crippen LogP contribution >= 0.6 is 0 Å². The Balaban J connectivity index is 1.38. The third-order valence-corrected chi connectivity index (χ3v) is 5.73. The Morgan fingerprint density at radius 1 is 0.906 bits per heavy atom. The van der Waals surface area contributed by atoms with Gasteiger partial charge in [0, 0.05) is 22.7 Å². The number of aromatic amines is 1. The Morgan fingerprint density at radius 3 is 2.56 bits per heavy atom. The molecular weight excluding hydrogens is 396 g/mol. The largest absolute Gasteiger partial charge is 0.427 e. The number of para-hydroxylation sites is 2. The van der Waals surface area contributed by atoms with Crippen molar-refractivity contribution in [3.8, 4) is 17.1 Å². The smallest absolute Gasteiger partial charge is 0.311 e. The summed E-state index contributed by atoms with van der Waals surface area (Å²) in [6.07, 6.45) is 1.82. The van der Waals surface area contributed by atoms with Crippen molar-refractivity contribution in [2.75, 3.05) is 0 Å². The molecule has 158 valence electrons. The van der Waals surface area contributed by atoms with E-state index in [-0.39, 0.29) is 5.97 Å². The van der Waals surface area contributed by atoms with Gasteiger partial charge in [-0.2, -0.15) is 0 Å². The van der Waals surface area contributed by atoms with Gasteiger partial charge in [0.05, 0.1) is 16.9 Å². The highest BCUT2D eigenvalue weighted by molar-refractivity contribution is 5.91. The van der Waals surface area contributed by atoms with Crippen LogP contribution in [0.5, 0.6) is 5.75 Å². The highest BCUT2D eigenvalue weighted by Crippen LogP contribution is 2.31. The first-order valence-corrected chi connectivity index (χ1v) is 10.9. The van der Waals surface area contributed by atoms with Gasteiger partial charge in [0.2, 0.25) is 0 Å². The number of benzene rings is 3. The van der Waals surface area contributed by atoms with E-state index in [4.69, 9.17) is 9.72 Å². The molecule has 32 heavy (non-hydrogen) atoms. The van der Waals surface area contributed by atoms with E-state index in [2.05, 4.69) is 35.3 Å². The number of nitrogens with zero attached hydrogens (tertiary/aromatic N) is 1. The molecule has 2 heterocycles. The number of rotatable bonds is 6. The lowest BCUT2D eigenvalue weighted by molar-refractivity contribution is -0.134. The molecule has 0 bridgehead atoms. The predicted octanol–water partition coefficient (Wildman–Crippen LogP) is 6.62. The van der Waals surface area contributed by atoms with Crippen LogP contribution in [0.4, 0.5) is 0 Å². The summed E-state index contributed by atoms with van der Waals surface area (Å²) in [6.45, 7) is 2.01. The number of nitrogens with one attached hydrogen (secondary N) is 1. The van der Waals surface area contributed by atoms with Crippen molar-refractivity contribution in [3.05, 3.63) is 96.1 Å². The molecule has 5 rings (SSSR count). The lowest BCUT2D eigenvalue weighted by Crippen LogP contribution is -2.08. The van der Waals surface area contributed by atoms with Gasteiger partial charge in [-0.3, -0.25) is 4.79 Å². The average molecular weight is 421 g/mol. The van der Waals surface area contributed by atoms with Crippen molar-refractivity contribution in [2.45, 2.75) is 26.2 Å². The van der Waals surface area contributed by atoms with Crippen molar-refractivity contribution < 1.29 is 9.53 Å². The molecule has 0 atom stereocenters. The fourth-order valence-electron chi connectivity index (χ4n) is 4.08. The van der Waals surface area contributed by atoms with Crippen molar-refractivity contribution in [2.24, 2.45) is 0 Å². The topological polar surface area (TPSA) is 55.0 Å². The maximum Gasteiger partial charge on any atom is 0.311 e. The molecule has 0 aliphatic rings.